The Labute approximate surface area is 215 Å². The van der Waals surface area contributed by atoms with E-state index in [0.717, 1.165) is 12.0 Å². The standard InChI is InChI=1S/C27H32FN5O4/c1-27(2,3)37-26(35)31-23(17-33-29-13-14-30-33)18-36-24-10-6-20(7-11-24)25(34)32-15-12-21(16-32)19-4-8-22(28)9-5-19/h4-11,13-14,21,23H,12,15-18H2,1-3H3,(H,31,35)/t21-,23+/m0/s1. The molecule has 1 aliphatic heterocycles. The first-order valence-electron chi connectivity index (χ1n) is 12.3. The van der Waals surface area contributed by atoms with Gasteiger partial charge in [-0.1, -0.05) is 12.1 Å². The summed E-state index contributed by atoms with van der Waals surface area (Å²) in [6.45, 7) is 7.08. The van der Waals surface area contributed by atoms with Crippen molar-refractivity contribution in [3.8, 4) is 5.75 Å². The Bertz CT molecular complexity index is 1180. The minimum absolute atomic E-state index is 0.0506. The molecule has 0 aliphatic carbocycles. The average molecular weight is 510 g/mol. The van der Waals surface area contributed by atoms with Crippen LogP contribution >= 0.6 is 0 Å². The van der Waals surface area contributed by atoms with Gasteiger partial charge in [0.1, 0.15) is 23.8 Å². The molecule has 0 unspecified atom stereocenters. The van der Waals surface area contributed by atoms with E-state index in [9.17, 15) is 14.0 Å². The van der Waals surface area contributed by atoms with Gasteiger partial charge in [-0.2, -0.15) is 15.0 Å². The van der Waals surface area contributed by atoms with Crippen molar-refractivity contribution in [3.63, 3.8) is 0 Å². The van der Waals surface area contributed by atoms with Crippen molar-refractivity contribution in [2.75, 3.05) is 19.7 Å². The van der Waals surface area contributed by atoms with E-state index in [0.29, 0.717) is 30.9 Å². The topological polar surface area (TPSA) is 98.6 Å². The van der Waals surface area contributed by atoms with Crippen LogP contribution in [0.3, 0.4) is 0 Å². The van der Waals surface area contributed by atoms with Crippen molar-refractivity contribution < 1.29 is 23.5 Å². The van der Waals surface area contributed by atoms with Crippen molar-refractivity contribution in [2.45, 2.75) is 51.3 Å². The Hall–Kier alpha value is -3.95. The highest BCUT2D eigenvalue weighted by atomic mass is 19.1. The molecule has 0 saturated carbocycles. The predicted octanol–water partition coefficient (Wildman–Crippen LogP) is 4.02. The summed E-state index contributed by atoms with van der Waals surface area (Å²) in [6, 6.07) is 13.0. The lowest BCUT2D eigenvalue weighted by Crippen LogP contribution is -2.44. The summed E-state index contributed by atoms with van der Waals surface area (Å²) >= 11 is 0. The molecule has 1 N–H and O–H groups in total. The SMILES string of the molecule is CC(C)(C)OC(=O)N[C@@H](COc1ccc(C(=O)N2CC[C@H](c3ccc(F)cc3)C2)cc1)Cn1nccn1. The summed E-state index contributed by atoms with van der Waals surface area (Å²) in [4.78, 5) is 28.6. The van der Waals surface area contributed by atoms with Crippen LogP contribution in [0.25, 0.3) is 0 Å². The van der Waals surface area contributed by atoms with Gasteiger partial charge in [-0.05, 0) is 69.2 Å². The number of ether oxygens (including phenoxy) is 2. The first-order chi connectivity index (χ1) is 17.7. The van der Waals surface area contributed by atoms with Crippen LogP contribution in [0.5, 0.6) is 5.75 Å². The van der Waals surface area contributed by atoms with E-state index in [1.807, 2.05) is 4.90 Å². The molecule has 1 fully saturated rings. The molecular formula is C27H32FN5O4. The Morgan fingerprint density at radius 1 is 1.08 bits per heavy atom. The van der Waals surface area contributed by atoms with Gasteiger partial charge in [-0.25, -0.2) is 9.18 Å². The number of alkyl carbamates (subject to hydrolysis) is 1. The highest BCUT2D eigenvalue weighted by molar-refractivity contribution is 5.94. The number of aromatic nitrogens is 3. The molecule has 2 amide bonds. The Morgan fingerprint density at radius 3 is 2.41 bits per heavy atom. The molecule has 0 spiro atoms. The Kier molecular flexibility index (Phi) is 8.05. The second-order valence-corrected chi connectivity index (χ2v) is 10.1. The second kappa shape index (κ2) is 11.4. The Morgan fingerprint density at radius 2 is 1.76 bits per heavy atom. The minimum Gasteiger partial charge on any atom is -0.491 e. The monoisotopic (exact) mass is 509 g/mol. The minimum atomic E-state index is -0.629. The fourth-order valence-corrected chi connectivity index (χ4v) is 4.17. The highest BCUT2D eigenvalue weighted by Gasteiger charge is 2.28. The normalized spacial score (nSPS) is 16.3. The van der Waals surface area contributed by atoms with E-state index < -0.39 is 17.7 Å². The van der Waals surface area contributed by atoms with Gasteiger partial charge in [0.2, 0.25) is 0 Å². The zero-order valence-electron chi connectivity index (χ0n) is 21.3. The maximum Gasteiger partial charge on any atom is 0.408 e. The van der Waals surface area contributed by atoms with E-state index in [-0.39, 0.29) is 24.2 Å². The first-order valence-corrected chi connectivity index (χ1v) is 12.3. The van der Waals surface area contributed by atoms with Crippen LogP contribution in [0.4, 0.5) is 9.18 Å². The number of benzene rings is 2. The molecule has 1 saturated heterocycles. The molecule has 1 aliphatic rings. The zero-order valence-corrected chi connectivity index (χ0v) is 21.3. The van der Waals surface area contributed by atoms with Gasteiger partial charge >= 0.3 is 6.09 Å². The average Bonchev–Trinajstić information content (AvgIpc) is 3.54. The fourth-order valence-electron chi connectivity index (χ4n) is 4.17. The maximum atomic E-state index is 13.2. The molecule has 10 heteroatoms. The largest absolute Gasteiger partial charge is 0.491 e. The molecule has 0 radical (unpaired) electrons. The first kappa shape index (κ1) is 26.1. The number of carbonyl (C=O) groups is 2. The van der Waals surface area contributed by atoms with Crippen LogP contribution in [0.1, 0.15) is 49.0 Å². The number of hydrogen-bond donors (Lipinski definition) is 1. The lowest BCUT2D eigenvalue weighted by molar-refractivity contribution is 0.0478. The summed E-state index contributed by atoms with van der Waals surface area (Å²) < 4.78 is 24.5. The number of likely N-dealkylation sites (tertiary alicyclic amines) is 1. The maximum absolute atomic E-state index is 13.2. The van der Waals surface area contributed by atoms with Crippen molar-refractivity contribution in [1.29, 1.82) is 0 Å². The van der Waals surface area contributed by atoms with Crippen molar-refractivity contribution in [1.82, 2.24) is 25.2 Å². The van der Waals surface area contributed by atoms with Crippen LogP contribution in [0.2, 0.25) is 0 Å². The fraction of sp³-hybridized carbons (Fsp3) is 0.407. The molecular weight excluding hydrogens is 477 g/mol. The predicted molar refractivity (Wildman–Crippen MR) is 135 cm³/mol. The van der Waals surface area contributed by atoms with Gasteiger partial charge in [0.25, 0.3) is 5.91 Å². The molecule has 4 rings (SSSR count). The smallest absolute Gasteiger partial charge is 0.408 e. The van der Waals surface area contributed by atoms with E-state index in [4.69, 9.17) is 9.47 Å². The molecule has 37 heavy (non-hydrogen) atoms. The number of amides is 2. The lowest BCUT2D eigenvalue weighted by Gasteiger charge is -2.23. The summed E-state index contributed by atoms with van der Waals surface area (Å²) in [6.07, 6.45) is 3.40. The van der Waals surface area contributed by atoms with Crippen LogP contribution in [0.15, 0.2) is 60.9 Å². The zero-order chi connectivity index (χ0) is 26.4. The quantitative estimate of drug-likeness (QED) is 0.493. The molecule has 0 bridgehead atoms. The molecule has 1 aromatic heterocycles. The van der Waals surface area contributed by atoms with Crippen LogP contribution in [-0.2, 0) is 11.3 Å². The van der Waals surface area contributed by atoms with Crippen LogP contribution in [0, 0.1) is 5.82 Å². The van der Waals surface area contributed by atoms with Gasteiger partial charge in [0.15, 0.2) is 0 Å². The number of carbonyl (C=O) groups excluding carboxylic acids is 2. The summed E-state index contributed by atoms with van der Waals surface area (Å²) in [7, 11) is 0. The van der Waals surface area contributed by atoms with E-state index in [1.54, 1.807) is 69.6 Å². The van der Waals surface area contributed by atoms with Gasteiger partial charge in [-0.3, -0.25) is 4.79 Å². The number of nitrogens with zero attached hydrogens (tertiary/aromatic N) is 4. The lowest BCUT2D eigenvalue weighted by atomic mass is 9.99. The van der Waals surface area contributed by atoms with Crippen molar-refractivity contribution in [3.05, 3.63) is 77.9 Å². The van der Waals surface area contributed by atoms with Crippen LogP contribution < -0.4 is 10.1 Å². The Balaban J connectivity index is 1.33. The number of hydrogen-bond acceptors (Lipinski definition) is 6. The molecule has 9 nitrogen and oxygen atoms in total. The van der Waals surface area contributed by atoms with Crippen molar-refractivity contribution >= 4 is 12.0 Å². The third kappa shape index (κ3) is 7.52. The molecule has 2 aromatic carbocycles. The molecule has 3 aromatic rings. The van der Waals surface area contributed by atoms with E-state index >= 15 is 0 Å². The number of nitrogens with one attached hydrogen (secondary N) is 1. The third-order valence-corrected chi connectivity index (χ3v) is 5.94. The third-order valence-electron chi connectivity index (χ3n) is 5.94. The number of rotatable bonds is 8. The van der Waals surface area contributed by atoms with Gasteiger partial charge in [0.05, 0.1) is 25.0 Å². The molecule has 196 valence electrons. The van der Waals surface area contributed by atoms with Crippen molar-refractivity contribution in [2.24, 2.45) is 0 Å². The summed E-state index contributed by atoms with van der Waals surface area (Å²) in [5.74, 6) is 0.449. The number of halogens is 1. The van der Waals surface area contributed by atoms with Gasteiger partial charge < -0.3 is 19.7 Å². The molecule has 2 atom stereocenters. The molecule has 2 heterocycles. The summed E-state index contributed by atoms with van der Waals surface area (Å²) in [5.41, 5.74) is 0.979. The summed E-state index contributed by atoms with van der Waals surface area (Å²) in [5, 5.41) is 11.0. The highest BCUT2D eigenvalue weighted by Crippen LogP contribution is 2.28. The van der Waals surface area contributed by atoms with E-state index in [1.165, 1.54) is 16.9 Å². The van der Waals surface area contributed by atoms with Gasteiger partial charge in [-0.15, -0.1) is 0 Å². The van der Waals surface area contributed by atoms with Crippen LogP contribution in [-0.4, -0.2) is 63.2 Å². The second-order valence-electron chi connectivity index (χ2n) is 10.1. The van der Waals surface area contributed by atoms with Gasteiger partial charge in [0, 0.05) is 24.6 Å². The van der Waals surface area contributed by atoms with E-state index in [2.05, 4.69) is 15.5 Å².